The molecule has 4 rings (SSSR count). The molecule has 2 aliphatic rings. The zero-order chi connectivity index (χ0) is 20.4. The summed E-state index contributed by atoms with van der Waals surface area (Å²) in [6, 6.07) is 8.20. The first-order valence-corrected chi connectivity index (χ1v) is 10.8. The number of hydrogen-bond acceptors (Lipinski definition) is 5. The fourth-order valence-electron chi connectivity index (χ4n) is 3.86. The lowest BCUT2D eigenvalue weighted by Crippen LogP contribution is -2.34. The number of nitrogens with zero attached hydrogens (tertiary/aromatic N) is 2. The SMILES string of the molecule is CCc1ccc(-c2csc(NC(=O)CCN3C(=O)[C@H]4CC=CC[C@@H]4C3=O)n2)cc1. The Kier molecular flexibility index (Phi) is 5.58. The zero-order valence-corrected chi connectivity index (χ0v) is 17.1. The molecule has 6 nitrogen and oxygen atoms in total. The van der Waals surface area contributed by atoms with Crippen LogP contribution < -0.4 is 5.32 Å². The Balaban J connectivity index is 1.33. The van der Waals surface area contributed by atoms with E-state index in [2.05, 4.69) is 29.4 Å². The lowest BCUT2D eigenvalue weighted by Gasteiger charge is -2.14. The summed E-state index contributed by atoms with van der Waals surface area (Å²) in [4.78, 5) is 43.0. The van der Waals surface area contributed by atoms with Crippen LogP contribution in [0.4, 0.5) is 5.13 Å². The number of anilines is 1. The Labute approximate surface area is 173 Å². The van der Waals surface area contributed by atoms with E-state index in [1.807, 2.05) is 29.7 Å². The highest BCUT2D eigenvalue weighted by Gasteiger charge is 2.46. The van der Waals surface area contributed by atoms with Gasteiger partial charge in [-0.3, -0.25) is 19.3 Å². The van der Waals surface area contributed by atoms with Gasteiger partial charge in [-0.2, -0.15) is 0 Å². The number of amides is 3. The number of carbonyl (C=O) groups is 3. The first kappa shape index (κ1) is 19.5. The summed E-state index contributed by atoms with van der Waals surface area (Å²) in [5.41, 5.74) is 3.08. The van der Waals surface area contributed by atoms with Crippen molar-refractivity contribution in [3.63, 3.8) is 0 Å². The van der Waals surface area contributed by atoms with Crippen molar-refractivity contribution >= 4 is 34.2 Å². The van der Waals surface area contributed by atoms with Crippen LogP contribution in [0, 0.1) is 11.8 Å². The maximum atomic E-state index is 12.5. The number of allylic oxidation sites excluding steroid dienone is 2. The Bertz CT molecular complexity index is 938. The van der Waals surface area contributed by atoms with Gasteiger partial charge in [-0.15, -0.1) is 11.3 Å². The molecule has 1 aromatic heterocycles. The van der Waals surface area contributed by atoms with Gasteiger partial charge in [0.15, 0.2) is 5.13 Å². The van der Waals surface area contributed by atoms with Crippen LogP contribution in [0.15, 0.2) is 41.8 Å². The molecule has 0 bridgehead atoms. The number of likely N-dealkylation sites (tertiary alicyclic amines) is 1. The number of benzene rings is 1. The van der Waals surface area contributed by atoms with Crippen LogP contribution in [-0.2, 0) is 20.8 Å². The topological polar surface area (TPSA) is 79.4 Å². The van der Waals surface area contributed by atoms with Crippen molar-refractivity contribution in [1.29, 1.82) is 0 Å². The molecule has 1 saturated heterocycles. The van der Waals surface area contributed by atoms with Gasteiger partial charge in [0.2, 0.25) is 17.7 Å². The van der Waals surface area contributed by atoms with Gasteiger partial charge in [0.25, 0.3) is 0 Å². The normalized spacial score (nSPS) is 20.8. The highest BCUT2D eigenvalue weighted by molar-refractivity contribution is 7.14. The molecule has 2 heterocycles. The number of rotatable bonds is 6. The van der Waals surface area contributed by atoms with Crippen molar-refractivity contribution < 1.29 is 14.4 Å². The number of fused-ring (bicyclic) bond motifs is 1. The van der Waals surface area contributed by atoms with E-state index in [0.29, 0.717) is 18.0 Å². The molecule has 7 heteroatoms. The van der Waals surface area contributed by atoms with E-state index < -0.39 is 0 Å². The van der Waals surface area contributed by atoms with Crippen LogP contribution in [0.25, 0.3) is 11.3 Å². The van der Waals surface area contributed by atoms with Gasteiger partial charge in [0, 0.05) is 23.9 Å². The smallest absolute Gasteiger partial charge is 0.233 e. The molecule has 29 heavy (non-hydrogen) atoms. The number of hydrogen-bond donors (Lipinski definition) is 1. The van der Waals surface area contributed by atoms with Gasteiger partial charge in [0.05, 0.1) is 17.5 Å². The van der Waals surface area contributed by atoms with Gasteiger partial charge in [-0.05, 0) is 24.8 Å². The quantitative estimate of drug-likeness (QED) is 0.583. The summed E-state index contributed by atoms with van der Waals surface area (Å²) in [5, 5.41) is 5.20. The summed E-state index contributed by atoms with van der Waals surface area (Å²) < 4.78 is 0. The van der Waals surface area contributed by atoms with E-state index in [-0.39, 0.29) is 42.5 Å². The third kappa shape index (κ3) is 4.00. The van der Waals surface area contributed by atoms with Crippen LogP contribution in [0.3, 0.4) is 0 Å². The molecule has 1 fully saturated rings. The fraction of sp³-hybridized carbons (Fsp3) is 0.364. The van der Waals surface area contributed by atoms with Crippen LogP contribution in [0.1, 0.15) is 31.7 Å². The Hall–Kier alpha value is -2.80. The number of carbonyl (C=O) groups excluding carboxylic acids is 3. The Morgan fingerprint density at radius 3 is 2.41 bits per heavy atom. The van der Waals surface area contributed by atoms with Crippen molar-refractivity contribution in [3.8, 4) is 11.3 Å². The van der Waals surface area contributed by atoms with Crippen molar-refractivity contribution in [1.82, 2.24) is 9.88 Å². The minimum absolute atomic E-state index is 0.0739. The first-order chi connectivity index (χ1) is 14.1. The summed E-state index contributed by atoms with van der Waals surface area (Å²) >= 11 is 1.36. The van der Waals surface area contributed by atoms with Crippen molar-refractivity contribution in [3.05, 3.63) is 47.4 Å². The molecular weight excluding hydrogens is 386 g/mol. The van der Waals surface area contributed by atoms with Gasteiger partial charge in [0.1, 0.15) is 0 Å². The van der Waals surface area contributed by atoms with E-state index in [1.54, 1.807) is 0 Å². The number of aromatic nitrogens is 1. The number of imide groups is 1. The molecule has 1 aromatic carbocycles. The van der Waals surface area contributed by atoms with E-state index in [9.17, 15) is 14.4 Å². The maximum Gasteiger partial charge on any atom is 0.233 e. The fourth-order valence-corrected chi connectivity index (χ4v) is 4.60. The second-order valence-electron chi connectivity index (χ2n) is 7.37. The van der Waals surface area contributed by atoms with Crippen molar-refractivity contribution in [2.24, 2.45) is 11.8 Å². The number of nitrogens with one attached hydrogen (secondary N) is 1. The molecule has 0 unspecified atom stereocenters. The van der Waals surface area contributed by atoms with Crippen LogP contribution in [-0.4, -0.2) is 34.2 Å². The largest absolute Gasteiger partial charge is 0.302 e. The second kappa shape index (κ2) is 8.29. The average molecular weight is 410 g/mol. The Morgan fingerprint density at radius 1 is 1.14 bits per heavy atom. The first-order valence-electron chi connectivity index (χ1n) is 9.91. The summed E-state index contributed by atoms with van der Waals surface area (Å²) in [6.07, 6.45) is 6.19. The van der Waals surface area contributed by atoms with E-state index in [4.69, 9.17) is 0 Å². The molecule has 0 spiro atoms. The molecule has 150 valence electrons. The lowest BCUT2D eigenvalue weighted by molar-refractivity contribution is -0.140. The van der Waals surface area contributed by atoms with E-state index in [0.717, 1.165) is 17.7 Å². The molecule has 2 aromatic rings. The monoisotopic (exact) mass is 409 g/mol. The third-order valence-electron chi connectivity index (χ3n) is 5.57. The number of thiazole rings is 1. The molecular formula is C22H23N3O3S. The van der Waals surface area contributed by atoms with E-state index >= 15 is 0 Å². The molecule has 1 N–H and O–H groups in total. The third-order valence-corrected chi connectivity index (χ3v) is 6.33. The average Bonchev–Trinajstić information content (AvgIpc) is 3.30. The molecule has 2 atom stereocenters. The molecule has 1 aliphatic heterocycles. The standard InChI is InChI=1S/C22H23N3O3S/c1-2-14-7-9-15(10-8-14)18-13-29-22(23-18)24-19(26)11-12-25-20(27)16-5-3-4-6-17(16)21(25)28/h3-4,7-10,13,16-17H,2,5-6,11-12H2,1H3,(H,23,24,26)/t16-,17-/m0/s1. The molecule has 0 saturated carbocycles. The van der Waals surface area contributed by atoms with Crippen molar-refractivity contribution in [2.75, 3.05) is 11.9 Å². The minimum atomic E-state index is -0.254. The molecule has 3 amide bonds. The molecule has 1 aliphatic carbocycles. The van der Waals surface area contributed by atoms with Crippen molar-refractivity contribution in [2.45, 2.75) is 32.6 Å². The summed E-state index contributed by atoms with van der Waals surface area (Å²) in [6.45, 7) is 2.23. The van der Waals surface area contributed by atoms with Gasteiger partial charge < -0.3 is 5.32 Å². The van der Waals surface area contributed by atoms with E-state index in [1.165, 1.54) is 21.8 Å². The summed E-state index contributed by atoms with van der Waals surface area (Å²) in [5.74, 6) is -1.05. The van der Waals surface area contributed by atoms with Gasteiger partial charge in [-0.1, -0.05) is 43.3 Å². The maximum absolute atomic E-state index is 12.5. The highest BCUT2D eigenvalue weighted by Crippen LogP contribution is 2.35. The predicted octanol–water partition coefficient (Wildman–Crippen LogP) is 3.65. The predicted molar refractivity (Wildman–Crippen MR) is 112 cm³/mol. The number of aryl methyl sites for hydroxylation is 1. The highest BCUT2D eigenvalue weighted by atomic mass is 32.1. The minimum Gasteiger partial charge on any atom is -0.302 e. The van der Waals surface area contributed by atoms with Crippen LogP contribution in [0.5, 0.6) is 0 Å². The van der Waals surface area contributed by atoms with Crippen LogP contribution >= 0.6 is 11.3 Å². The zero-order valence-electron chi connectivity index (χ0n) is 16.3. The van der Waals surface area contributed by atoms with Crippen LogP contribution in [0.2, 0.25) is 0 Å². The summed E-state index contributed by atoms with van der Waals surface area (Å²) in [7, 11) is 0. The Morgan fingerprint density at radius 2 is 1.79 bits per heavy atom. The van der Waals surface area contributed by atoms with Gasteiger partial charge >= 0.3 is 0 Å². The molecule has 0 radical (unpaired) electrons. The second-order valence-corrected chi connectivity index (χ2v) is 8.23. The lowest BCUT2D eigenvalue weighted by atomic mass is 9.85. The van der Waals surface area contributed by atoms with Gasteiger partial charge in [-0.25, -0.2) is 4.98 Å².